The molecule has 3 nitrogen and oxygen atoms in total. The summed E-state index contributed by atoms with van der Waals surface area (Å²) in [5.41, 5.74) is 9.35. The van der Waals surface area contributed by atoms with E-state index in [-0.39, 0.29) is 0 Å². The Balaban J connectivity index is 2.58. The summed E-state index contributed by atoms with van der Waals surface area (Å²) >= 11 is 0. The van der Waals surface area contributed by atoms with E-state index in [1.54, 1.807) is 7.11 Å². The van der Waals surface area contributed by atoms with Crippen LogP contribution in [0.5, 0.6) is 5.75 Å². The van der Waals surface area contributed by atoms with Crippen molar-refractivity contribution in [1.29, 1.82) is 0 Å². The molecule has 1 aromatic carbocycles. The predicted octanol–water partition coefficient (Wildman–Crippen LogP) is 2.39. The van der Waals surface area contributed by atoms with Gasteiger partial charge in [0.15, 0.2) is 0 Å². The first kappa shape index (κ1) is 15.0. The third-order valence-corrected chi connectivity index (χ3v) is 3.36. The van der Waals surface area contributed by atoms with Gasteiger partial charge in [0.1, 0.15) is 5.75 Å². The maximum Gasteiger partial charge on any atom is 0.123 e. The van der Waals surface area contributed by atoms with E-state index >= 15 is 0 Å². The second-order valence-corrected chi connectivity index (χ2v) is 5.06. The molecule has 0 amide bonds. The molecular weight excluding hydrogens is 224 g/mol. The van der Waals surface area contributed by atoms with Crippen LogP contribution in [0.25, 0.3) is 0 Å². The van der Waals surface area contributed by atoms with Gasteiger partial charge in [-0.2, -0.15) is 0 Å². The second-order valence-electron chi connectivity index (χ2n) is 5.06. The van der Waals surface area contributed by atoms with E-state index in [4.69, 9.17) is 10.5 Å². The summed E-state index contributed by atoms with van der Waals surface area (Å²) in [6.07, 6.45) is 1.07. The number of rotatable bonds is 7. The van der Waals surface area contributed by atoms with Gasteiger partial charge >= 0.3 is 0 Å². The zero-order chi connectivity index (χ0) is 13.5. The smallest absolute Gasteiger partial charge is 0.123 e. The van der Waals surface area contributed by atoms with E-state index in [9.17, 15) is 0 Å². The van der Waals surface area contributed by atoms with E-state index in [0.717, 1.165) is 31.8 Å². The molecule has 0 aliphatic rings. The van der Waals surface area contributed by atoms with Crippen molar-refractivity contribution >= 4 is 0 Å². The van der Waals surface area contributed by atoms with Crippen LogP contribution in [0.15, 0.2) is 12.1 Å². The summed E-state index contributed by atoms with van der Waals surface area (Å²) in [6, 6.07) is 4.31. The molecule has 0 heterocycles. The van der Waals surface area contributed by atoms with Crippen LogP contribution in [0.4, 0.5) is 0 Å². The quantitative estimate of drug-likeness (QED) is 0.781. The van der Waals surface area contributed by atoms with Gasteiger partial charge in [0.25, 0.3) is 0 Å². The number of nitrogens with two attached hydrogens (primary N) is 1. The van der Waals surface area contributed by atoms with Crippen LogP contribution in [0.1, 0.15) is 30.0 Å². The molecule has 1 unspecified atom stereocenters. The standard InChI is InChI=1S/C15H26N2O/c1-11(5-6-16)9-17-10-14-7-12(2)13(3)8-15(14)18-4/h7-8,11,17H,5-6,9-10,16H2,1-4H3. The lowest BCUT2D eigenvalue weighted by molar-refractivity contribution is 0.405. The van der Waals surface area contributed by atoms with E-state index in [0.29, 0.717) is 5.92 Å². The van der Waals surface area contributed by atoms with Crippen molar-refractivity contribution in [3.8, 4) is 5.75 Å². The maximum absolute atomic E-state index is 5.55. The fourth-order valence-corrected chi connectivity index (χ4v) is 2.02. The fraction of sp³-hybridized carbons (Fsp3) is 0.600. The largest absolute Gasteiger partial charge is 0.496 e. The van der Waals surface area contributed by atoms with Gasteiger partial charge in [0.2, 0.25) is 0 Å². The van der Waals surface area contributed by atoms with Gasteiger partial charge in [-0.25, -0.2) is 0 Å². The second kappa shape index (κ2) is 7.39. The van der Waals surface area contributed by atoms with Crippen LogP contribution in [-0.4, -0.2) is 20.2 Å². The Bertz CT molecular complexity index is 377. The summed E-state index contributed by atoms with van der Waals surface area (Å²) in [6.45, 7) is 9.06. The maximum atomic E-state index is 5.55. The minimum atomic E-state index is 0.618. The van der Waals surface area contributed by atoms with E-state index < -0.39 is 0 Å². The van der Waals surface area contributed by atoms with Crippen LogP contribution in [0.2, 0.25) is 0 Å². The molecule has 1 rings (SSSR count). The lowest BCUT2D eigenvalue weighted by Gasteiger charge is -2.15. The highest BCUT2D eigenvalue weighted by molar-refractivity contribution is 5.41. The Labute approximate surface area is 111 Å². The molecular formula is C15H26N2O. The van der Waals surface area contributed by atoms with Crippen molar-refractivity contribution in [2.24, 2.45) is 11.7 Å². The van der Waals surface area contributed by atoms with Crippen LogP contribution in [0.3, 0.4) is 0 Å². The molecule has 0 spiro atoms. The number of ether oxygens (including phenoxy) is 1. The lowest BCUT2D eigenvalue weighted by Crippen LogP contribution is -2.22. The van der Waals surface area contributed by atoms with Gasteiger partial charge in [0.05, 0.1) is 7.11 Å². The highest BCUT2D eigenvalue weighted by Crippen LogP contribution is 2.22. The first-order valence-electron chi connectivity index (χ1n) is 6.63. The van der Waals surface area contributed by atoms with E-state index in [2.05, 4.69) is 38.2 Å². The molecule has 3 heteroatoms. The average Bonchev–Trinajstić information content (AvgIpc) is 2.33. The van der Waals surface area contributed by atoms with Gasteiger partial charge in [-0.3, -0.25) is 0 Å². The molecule has 1 atom stereocenters. The summed E-state index contributed by atoms with van der Waals surface area (Å²) in [5, 5.41) is 3.47. The Hall–Kier alpha value is -1.06. The van der Waals surface area contributed by atoms with Crippen molar-refractivity contribution in [2.75, 3.05) is 20.2 Å². The summed E-state index contributed by atoms with van der Waals surface area (Å²) < 4.78 is 5.43. The monoisotopic (exact) mass is 250 g/mol. The molecule has 0 saturated heterocycles. The molecule has 1 aromatic rings. The van der Waals surface area contributed by atoms with Crippen LogP contribution in [-0.2, 0) is 6.54 Å². The minimum Gasteiger partial charge on any atom is -0.496 e. The molecule has 0 radical (unpaired) electrons. The van der Waals surface area contributed by atoms with Crippen LogP contribution in [0, 0.1) is 19.8 Å². The third kappa shape index (κ3) is 4.31. The molecule has 0 aliphatic heterocycles. The summed E-state index contributed by atoms with van der Waals surface area (Å²) in [5.74, 6) is 1.59. The van der Waals surface area contributed by atoms with Crippen molar-refractivity contribution < 1.29 is 4.74 Å². The topological polar surface area (TPSA) is 47.3 Å². The number of methoxy groups -OCH3 is 1. The normalized spacial score (nSPS) is 12.5. The lowest BCUT2D eigenvalue weighted by atomic mass is 10.0. The summed E-state index contributed by atoms with van der Waals surface area (Å²) in [4.78, 5) is 0. The van der Waals surface area contributed by atoms with Gasteiger partial charge in [-0.1, -0.05) is 13.0 Å². The van der Waals surface area contributed by atoms with Crippen molar-refractivity contribution in [3.63, 3.8) is 0 Å². The molecule has 18 heavy (non-hydrogen) atoms. The zero-order valence-electron chi connectivity index (χ0n) is 12.0. The molecule has 0 aromatic heterocycles. The van der Waals surface area contributed by atoms with Crippen molar-refractivity contribution in [3.05, 3.63) is 28.8 Å². The Morgan fingerprint density at radius 3 is 2.56 bits per heavy atom. The molecule has 0 saturated carbocycles. The molecule has 102 valence electrons. The highest BCUT2D eigenvalue weighted by Gasteiger charge is 2.06. The molecule has 0 aliphatic carbocycles. The average molecular weight is 250 g/mol. The number of hydrogen-bond donors (Lipinski definition) is 2. The number of aryl methyl sites for hydroxylation is 2. The van der Waals surface area contributed by atoms with E-state index in [1.807, 2.05) is 0 Å². The predicted molar refractivity (Wildman–Crippen MR) is 77.0 cm³/mol. The number of hydrogen-bond acceptors (Lipinski definition) is 3. The number of benzene rings is 1. The first-order valence-corrected chi connectivity index (χ1v) is 6.63. The minimum absolute atomic E-state index is 0.618. The molecule has 0 fully saturated rings. The van der Waals surface area contributed by atoms with Gasteiger partial charge in [-0.05, 0) is 56.5 Å². The third-order valence-electron chi connectivity index (χ3n) is 3.36. The van der Waals surface area contributed by atoms with Gasteiger partial charge in [0, 0.05) is 12.1 Å². The Morgan fingerprint density at radius 1 is 1.28 bits per heavy atom. The first-order chi connectivity index (χ1) is 8.58. The molecule has 0 bridgehead atoms. The number of nitrogens with one attached hydrogen (secondary N) is 1. The zero-order valence-corrected chi connectivity index (χ0v) is 12.0. The summed E-state index contributed by atoms with van der Waals surface area (Å²) in [7, 11) is 1.73. The SMILES string of the molecule is COc1cc(C)c(C)cc1CNCC(C)CCN. The molecule has 3 N–H and O–H groups in total. The van der Waals surface area contributed by atoms with Gasteiger partial charge < -0.3 is 15.8 Å². The Kier molecular flexibility index (Phi) is 6.16. The Morgan fingerprint density at radius 2 is 1.94 bits per heavy atom. The highest BCUT2D eigenvalue weighted by atomic mass is 16.5. The fourth-order valence-electron chi connectivity index (χ4n) is 2.02. The van der Waals surface area contributed by atoms with Crippen molar-refractivity contribution in [2.45, 2.75) is 33.7 Å². The van der Waals surface area contributed by atoms with E-state index in [1.165, 1.54) is 16.7 Å². The van der Waals surface area contributed by atoms with Gasteiger partial charge in [-0.15, -0.1) is 0 Å². The van der Waals surface area contributed by atoms with Crippen molar-refractivity contribution in [1.82, 2.24) is 5.32 Å². The van der Waals surface area contributed by atoms with Crippen LogP contribution >= 0.6 is 0 Å². The van der Waals surface area contributed by atoms with Crippen LogP contribution < -0.4 is 15.8 Å².